The molecule has 1 saturated heterocycles. The van der Waals surface area contributed by atoms with Gasteiger partial charge in [-0.1, -0.05) is 42.5 Å². The van der Waals surface area contributed by atoms with Crippen molar-refractivity contribution in [3.05, 3.63) is 83.4 Å². The third kappa shape index (κ3) is 3.97. The van der Waals surface area contributed by atoms with Crippen LogP contribution < -0.4 is 16.0 Å². The quantitative estimate of drug-likeness (QED) is 0.189. The number of methoxy groups -OCH3 is 2. The minimum Gasteiger partial charge on any atom is -0.453 e. The van der Waals surface area contributed by atoms with E-state index in [1.807, 2.05) is 44.2 Å². The van der Waals surface area contributed by atoms with Gasteiger partial charge in [-0.25, -0.2) is 9.59 Å². The first-order chi connectivity index (χ1) is 24.2. The van der Waals surface area contributed by atoms with Crippen LogP contribution in [0.15, 0.2) is 66.7 Å². The maximum absolute atomic E-state index is 14.2. The van der Waals surface area contributed by atoms with Crippen LogP contribution in [0.25, 0.3) is 43.6 Å². The van der Waals surface area contributed by atoms with Gasteiger partial charge >= 0.3 is 12.1 Å². The number of ether oxygens (including phenoxy) is 3. The number of urea groups is 1. The number of fused-ring (bicyclic) bond motifs is 13. The molecule has 4 aromatic carbocycles. The summed E-state index contributed by atoms with van der Waals surface area (Å²) in [6, 6.07) is 20.9. The molecule has 0 radical (unpaired) electrons. The standard InChI is InChI=1S/C38H36N6O6/c1-19-14-15-20(40-37(47)49-5)16-24(19)41-36(46)42(3)27-17-28-43-25-12-8-6-10-21(25)30-31-23(18-39-35(31)45)29-22-11-7-9-13-26(22)44(33(29)32(30)43)38(2,50-28)34(27)48-4/h6-16,27-28,34H,17-18H2,1-5H3,(H,39,45)(H,40,47)(H,41,46)/t27-,28-,34-,38+/m1/s1. The van der Waals surface area contributed by atoms with Crippen LogP contribution in [0.5, 0.6) is 0 Å². The summed E-state index contributed by atoms with van der Waals surface area (Å²) in [6.07, 6.45) is -1.29. The summed E-state index contributed by atoms with van der Waals surface area (Å²) in [6.45, 7) is 4.37. The SMILES string of the molecule is COC(=O)Nc1ccc(C)c(NC(=O)N(C)[C@@H]2C[C@H]3O[C@@](C)([C@@H]2OC)n2c4ccccc4c4c5c(c6c7ccccc7n3c6c42)C(=O)NC5)c1. The molecule has 12 nitrogen and oxygen atoms in total. The molecular weight excluding hydrogens is 636 g/mol. The number of hydrogen-bond donors (Lipinski definition) is 3. The Morgan fingerprint density at radius 2 is 1.70 bits per heavy atom. The fourth-order valence-corrected chi connectivity index (χ4v) is 8.75. The Kier molecular flexibility index (Phi) is 6.52. The van der Waals surface area contributed by atoms with Crippen molar-refractivity contribution < 1.29 is 28.6 Å². The number of nitrogens with zero attached hydrogens (tertiary/aromatic N) is 3. The molecule has 2 aromatic heterocycles. The number of aryl methyl sites for hydroxylation is 1. The van der Waals surface area contributed by atoms with Gasteiger partial charge in [0.25, 0.3) is 5.91 Å². The highest BCUT2D eigenvalue weighted by Gasteiger charge is 2.55. The fourth-order valence-electron chi connectivity index (χ4n) is 8.75. The van der Waals surface area contributed by atoms with Gasteiger partial charge in [-0.3, -0.25) is 10.1 Å². The molecule has 6 aromatic rings. The van der Waals surface area contributed by atoms with E-state index in [2.05, 4.69) is 49.4 Å². The van der Waals surface area contributed by atoms with Crippen molar-refractivity contribution in [3.63, 3.8) is 0 Å². The molecule has 2 bridgehead atoms. The van der Waals surface area contributed by atoms with E-state index in [1.165, 1.54) is 7.11 Å². The maximum atomic E-state index is 14.2. The maximum Gasteiger partial charge on any atom is 0.411 e. The molecule has 5 heterocycles. The Morgan fingerprint density at radius 1 is 0.980 bits per heavy atom. The molecule has 3 N–H and O–H groups in total. The number of aromatic nitrogens is 2. The first kappa shape index (κ1) is 30.5. The van der Waals surface area contributed by atoms with Gasteiger partial charge < -0.3 is 38.9 Å². The van der Waals surface area contributed by atoms with Gasteiger partial charge in [-0.2, -0.15) is 0 Å². The first-order valence-electron chi connectivity index (χ1n) is 16.7. The van der Waals surface area contributed by atoms with Crippen LogP contribution in [-0.2, 0) is 26.5 Å². The van der Waals surface area contributed by atoms with Crippen molar-refractivity contribution >= 4 is 73.0 Å². The molecule has 0 aliphatic carbocycles. The van der Waals surface area contributed by atoms with Crippen LogP contribution in [0.3, 0.4) is 0 Å². The van der Waals surface area contributed by atoms with Crippen molar-refractivity contribution in [1.82, 2.24) is 19.4 Å². The Labute approximate surface area is 286 Å². The van der Waals surface area contributed by atoms with Crippen LogP contribution in [0.4, 0.5) is 21.0 Å². The highest BCUT2D eigenvalue weighted by Crippen LogP contribution is 2.54. The number of benzene rings is 4. The molecule has 3 aliphatic heterocycles. The topological polar surface area (TPSA) is 128 Å². The van der Waals surface area contributed by atoms with Crippen molar-refractivity contribution in [2.24, 2.45) is 0 Å². The molecule has 254 valence electrons. The van der Waals surface area contributed by atoms with Gasteiger partial charge in [0.15, 0.2) is 5.72 Å². The molecule has 12 heteroatoms. The lowest BCUT2D eigenvalue weighted by Gasteiger charge is -2.50. The number of rotatable bonds is 4. The van der Waals surface area contributed by atoms with E-state index >= 15 is 0 Å². The molecule has 3 aliphatic rings. The predicted octanol–water partition coefficient (Wildman–Crippen LogP) is 6.79. The molecule has 4 amide bonds. The number of para-hydroxylation sites is 2. The number of anilines is 2. The Bertz CT molecular complexity index is 2470. The largest absolute Gasteiger partial charge is 0.453 e. The second-order valence-corrected chi connectivity index (χ2v) is 13.5. The molecular formula is C38H36N6O6. The van der Waals surface area contributed by atoms with Crippen molar-refractivity contribution in [1.29, 1.82) is 0 Å². The van der Waals surface area contributed by atoms with Gasteiger partial charge in [0.2, 0.25) is 0 Å². The lowest BCUT2D eigenvalue weighted by molar-refractivity contribution is -0.264. The second-order valence-electron chi connectivity index (χ2n) is 13.5. The second kappa shape index (κ2) is 10.7. The Morgan fingerprint density at radius 3 is 2.44 bits per heavy atom. The lowest BCUT2D eigenvalue weighted by atomic mass is 9.92. The van der Waals surface area contributed by atoms with E-state index in [0.29, 0.717) is 29.9 Å². The molecule has 4 atom stereocenters. The van der Waals surface area contributed by atoms with Crippen molar-refractivity contribution in [2.45, 2.75) is 50.9 Å². The summed E-state index contributed by atoms with van der Waals surface area (Å²) in [7, 11) is 4.73. The summed E-state index contributed by atoms with van der Waals surface area (Å²) < 4.78 is 22.8. The smallest absolute Gasteiger partial charge is 0.411 e. The van der Waals surface area contributed by atoms with Gasteiger partial charge in [0.1, 0.15) is 12.3 Å². The minimum atomic E-state index is -1.07. The highest BCUT2D eigenvalue weighted by molar-refractivity contribution is 6.31. The zero-order valence-corrected chi connectivity index (χ0v) is 28.3. The van der Waals surface area contributed by atoms with Gasteiger partial charge in [0.05, 0.1) is 40.8 Å². The van der Waals surface area contributed by atoms with E-state index in [0.717, 1.165) is 54.7 Å². The fraction of sp³-hybridized carbons (Fsp3) is 0.289. The van der Waals surface area contributed by atoms with Crippen molar-refractivity contribution in [2.75, 3.05) is 31.9 Å². The number of carbonyl (C=O) groups excluding carboxylic acids is 3. The molecule has 0 unspecified atom stereocenters. The van der Waals surface area contributed by atoms with Gasteiger partial charge in [-0.15, -0.1) is 0 Å². The van der Waals surface area contributed by atoms with Crippen LogP contribution in [0, 0.1) is 6.92 Å². The molecule has 50 heavy (non-hydrogen) atoms. The molecule has 1 fully saturated rings. The van der Waals surface area contributed by atoms with Gasteiger partial charge in [0, 0.05) is 60.0 Å². The number of nitrogens with one attached hydrogen (secondary N) is 3. The zero-order valence-electron chi connectivity index (χ0n) is 28.3. The summed E-state index contributed by atoms with van der Waals surface area (Å²) in [4.78, 5) is 41.4. The summed E-state index contributed by atoms with van der Waals surface area (Å²) >= 11 is 0. The summed E-state index contributed by atoms with van der Waals surface area (Å²) in [5.74, 6) is -0.0776. The summed E-state index contributed by atoms with van der Waals surface area (Å²) in [5.41, 5.74) is 6.32. The van der Waals surface area contributed by atoms with Crippen LogP contribution in [0.2, 0.25) is 0 Å². The minimum absolute atomic E-state index is 0.0776. The van der Waals surface area contributed by atoms with E-state index in [9.17, 15) is 14.4 Å². The van der Waals surface area contributed by atoms with E-state index in [4.69, 9.17) is 14.2 Å². The van der Waals surface area contributed by atoms with E-state index in [1.54, 1.807) is 31.2 Å². The summed E-state index contributed by atoms with van der Waals surface area (Å²) in [5, 5.41) is 12.8. The number of amides is 4. The third-order valence-corrected chi connectivity index (χ3v) is 10.9. The highest BCUT2D eigenvalue weighted by atomic mass is 16.6. The van der Waals surface area contributed by atoms with Crippen LogP contribution in [-0.4, -0.2) is 65.5 Å². The van der Waals surface area contributed by atoms with Crippen molar-refractivity contribution in [3.8, 4) is 0 Å². The average molecular weight is 673 g/mol. The third-order valence-electron chi connectivity index (χ3n) is 10.9. The van der Waals surface area contributed by atoms with E-state index in [-0.39, 0.29) is 11.9 Å². The molecule has 0 saturated carbocycles. The normalized spacial score (nSPS) is 22.2. The van der Waals surface area contributed by atoms with Gasteiger partial charge in [-0.05, 0) is 49.2 Å². The monoisotopic (exact) mass is 672 g/mol. The average Bonchev–Trinajstić information content (AvgIpc) is 3.76. The molecule has 9 rings (SSSR count). The Balaban J connectivity index is 1.25. The molecule has 0 spiro atoms. The number of likely N-dealkylation sites (N-methyl/N-ethyl adjacent to an activating group) is 1. The first-order valence-corrected chi connectivity index (χ1v) is 16.7. The predicted molar refractivity (Wildman–Crippen MR) is 191 cm³/mol. The van der Waals surface area contributed by atoms with Crippen LogP contribution >= 0.6 is 0 Å². The van der Waals surface area contributed by atoms with Crippen LogP contribution in [0.1, 0.15) is 41.1 Å². The number of carbonyl (C=O) groups is 3. The lowest BCUT2D eigenvalue weighted by Crippen LogP contribution is -2.61. The zero-order chi connectivity index (χ0) is 34.6. The Hall–Kier alpha value is -5.59. The number of hydrogen-bond acceptors (Lipinski definition) is 6. The van der Waals surface area contributed by atoms with E-state index < -0.39 is 30.2 Å².